The van der Waals surface area contributed by atoms with Crippen LogP contribution in [-0.2, 0) is 0 Å². The highest BCUT2D eigenvalue weighted by atomic mass is 16.3. The van der Waals surface area contributed by atoms with E-state index in [9.17, 15) is 10.2 Å². The van der Waals surface area contributed by atoms with Gasteiger partial charge in [0.1, 0.15) is 0 Å². The zero-order chi connectivity index (χ0) is 24.4. The summed E-state index contributed by atoms with van der Waals surface area (Å²) in [6.07, 6.45) is 19.1. The monoisotopic (exact) mass is 464 g/mol. The zero-order valence-corrected chi connectivity index (χ0v) is 23.3. The molecule has 0 amide bonds. The average molecular weight is 465 g/mol. The molecule has 2 aliphatic rings. The third-order valence-corrected chi connectivity index (χ3v) is 9.66. The number of hydrogen-bond donors (Lipinski definition) is 2. The number of aliphatic hydroxyl groups excluding tert-OH is 2. The summed E-state index contributed by atoms with van der Waals surface area (Å²) >= 11 is 0. The van der Waals surface area contributed by atoms with Gasteiger partial charge in [0.2, 0.25) is 0 Å². The summed E-state index contributed by atoms with van der Waals surface area (Å²) in [5, 5.41) is 22.0. The molecule has 2 aliphatic carbocycles. The predicted octanol–water partition coefficient (Wildman–Crippen LogP) is 8.64. The SMILES string of the molecule is CC(C)CCCC(C)CCCC(C)CCCC(C)CCC1C(C)C(O)C2CCCCC2C1O. The molecule has 0 aromatic rings. The highest BCUT2D eigenvalue weighted by Gasteiger charge is 2.47. The lowest BCUT2D eigenvalue weighted by Gasteiger charge is -2.49. The smallest absolute Gasteiger partial charge is 0.0603 e. The molecule has 2 saturated carbocycles. The maximum absolute atomic E-state index is 11.1. The Balaban J connectivity index is 1.58. The molecule has 0 heterocycles. The molecule has 196 valence electrons. The lowest BCUT2D eigenvalue weighted by atomic mass is 9.59. The van der Waals surface area contributed by atoms with Gasteiger partial charge >= 0.3 is 0 Å². The van der Waals surface area contributed by atoms with Gasteiger partial charge in [0.25, 0.3) is 0 Å². The topological polar surface area (TPSA) is 40.5 Å². The van der Waals surface area contributed by atoms with Crippen LogP contribution in [0.15, 0.2) is 0 Å². The lowest BCUT2D eigenvalue weighted by Crippen LogP contribution is -2.52. The Kier molecular flexibility index (Phi) is 13.4. The van der Waals surface area contributed by atoms with Crippen LogP contribution < -0.4 is 0 Å². The van der Waals surface area contributed by atoms with Gasteiger partial charge in [0.15, 0.2) is 0 Å². The molecule has 2 heteroatoms. The van der Waals surface area contributed by atoms with Gasteiger partial charge in [-0.2, -0.15) is 0 Å². The Morgan fingerprint density at radius 1 is 0.606 bits per heavy atom. The normalized spacial score (nSPS) is 33.0. The van der Waals surface area contributed by atoms with Crippen molar-refractivity contribution in [2.24, 2.45) is 47.3 Å². The van der Waals surface area contributed by atoms with Gasteiger partial charge in [-0.05, 0) is 66.6 Å². The second kappa shape index (κ2) is 15.1. The third-order valence-electron chi connectivity index (χ3n) is 9.66. The first-order valence-corrected chi connectivity index (χ1v) is 15.1. The van der Waals surface area contributed by atoms with Crippen LogP contribution >= 0.6 is 0 Å². The summed E-state index contributed by atoms with van der Waals surface area (Å²) in [5.41, 5.74) is 0. The minimum Gasteiger partial charge on any atom is -0.393 e. The van der Waals surface area contributed by atoms with Crippen molar-refractivity contribution >= 4 is 0 Å². The first-order valence-electron chi connectivity index (χ1n) is 15.1. The maximum Gasteiger partial charge on any atom is 0.0603 e. The number of hydrogen-bond acceptors (Lipinski definition) is 2. The molecule has 2 N–H and O–H groups in total. The number of fused-ring (bicyclic) bond motifs is 1. The van der Waals surface area contributed by atoms with Gasteiger partial charge in [-0.3, -0.25) is 0 Å². The Bertz CT molecular complexity index is 503. The van der Waals surface area contributed by atoms with Crippen LogP contribution in [0, 0.1) is 47.3 Å². The highest BCUT2D eigenvalue weighted by molar-refractivity contribution is 4.97. The average Bonchev–Trinajstić information content (AvgIpc) is 2.77. The van der Waals surface area contributed by atoms with Crippen molar-refractivity contribution in [3.05, 3.63) is 0 Å². The molecular weight excluding hydrogens is 404 g/mol. The molecule has 0 bridgehead atoms. The molecule has 0 spiro atoms. The molecule has 33 heavy (non-hydrogen) atoms. The molecule has 0 aromatic carbocycles. The van der Waals surface area contributed by atoms with Crippen LogP contribution in [0.1, 0.15) is 138 Å². The summed E-state index contributed by atoms with van der Waals surface area (Å²) in [6, 6.07) is 0. The summed E-state index contributed by atoms with van der Waals surface area (Å²) < 4.78 is 0. The molecule has 2 fully saturated rings. The molecule has 0 saturated heterocycles. The van der Waals surface area contributed by atoms with Gasteiger partial charge < -0.3 is 10.2 Å². The summed E-state index contributed by atoms with van der Waals surface area (Å²) in [7, 11) is 0. The Morgan fingerprint density at radius 3 is 1.52 bits per heavy atom. The Morgan fingerprint density at radius 2 is 1.03 bits per heavy atom. The molecule has 0 aromatic heterocycles. The third kappa shape index (κ3) is 9.83. The van der Waals surface area contributed by atoms with Crippen LogP contribution in [0.5, 0.6) is 0 Å². The van der Waals surface area contributed by atoms with Gasteiger partial charge in [-0.1, -0.05) is 119 Å². The van der Waals surface area contributed by atoms with Crippen molar-refractivity contribution in [1.82, 2.24) is 0 Å². The summed E-state index contributed by atoms with van der Waals surface area (Å²) in [4.78, 5) is 0. The summed E-state index contributed by atoms with van der Waals surface area (Å²) in [6.45, 7) is 14.2. The van der Waals surface area contributed by atoms with E-state index in [0.717, 1.165) is 42.9 Å². The molecule has 2 nitrogen and oxygen atoms in total. The lowest BCUT2D eigenvalue weighted by molar-refractivity contribution is -0.129. The van der Waals surface area contributed by atoms with Gasteiger partial charge in [0.05, 0.1) is 12.2 Å². The van der Waals surface area contributed by atoms with Crippen molar-refractivity contribution < 1.29 is 10.2 Å². The first-order chi connectivity index (χ1) is 15.7. The second-order valence-electron chi connectivity index (χ2n) is 13.2. The Labute approximate surface area is 207 Å². The van der Waals surface area contributed by atoms with E-state index in [2.05, 4.69) is 41.5 Å². The molecule has 9 unspecified atom stereocenters. The zero-order valence-electron chi connectivity index (χ0n) is 23.3. The molecule has 0 radical (unpaired) electrons. The second-order valence-corrected chi connectivity index (χ2v) is 13.2. The quantitative estimate of drug-likeness (QED) is 0.254. The minimum absolute atomic E-state index is 0.186. The van der Waals surface area contributed by atoms with Gasteiger partial charge in [-0.25, -0.2) is 0 Å². The van der Waals surface area contributed by atoms with Crippen LogP contribution in [0.3, 0.4) is 0 Å². The first kappa shape index (κ1) is 29.2. The fraction of sp³-hybridized carbons (Fsp3) is 1.00. The molecule has 9 atom stereocenters. The van der Waals surface area contributed by atoms with E-state index in [1.54, 1.807) is 0 Å². The highest BCUT2D eigenvalue weighted by Crippen LogP contribution is 2.47. The fourth-order valence-corrected chi connectivity index (χ4v) is 7.16. The van der Waals surface area contributed by atoms with Crippen molar-refractivity contribution in [3.63, 3.8) is 0 Å². The predicted molar refractivity (Wildman–Crippen MR) is 143 cm³/mol. The summed E-state index contributed by atoms with van der Waals surface area (Å²) in [5.74, 6) is 4.59. The Hall–Kier alpha value is -0.0800. The molecular formula is C31H60O2. The fourth-order valence-electron chi connectivity index (χ4n) is 7.16. The standard InChI is InChI=1S/C31H60O2/c1-22(2)12-9-13-23(3)14-10-15-24(4)16-11-17-25(5)20-21-27-26(6)30(32)28-18-7-8-19-29(28)31(27)33/h22-33H,7-21H2,1-6H3. The van der Waals surface area contributed by atoms with E-state index in [1.165, 1.54) is 77.0 Å². The molecule has 2 rings (SSSR count). The van der Waals surface area contributed by atoms with E-state index in [1.807, 2.05) is 0 Å². The van der Waals surface area contributed by atoms with Gasteiger partial charge in [-0.15, -0.1) is 0 Å². The van der Waals surface area contributed by atoms with Crippen LogP contribution in [0.4, 0.5) is 0 Å². The van der Waals surface area contributed by atoms with Crippen LogP contribution in [0.25, 0.3) is 0 Å². The van der Waals surface area contributed by atoms with E-state index in [-0.39, 0.29) is 18.1 Å². The van der Waals surface area contributed by atoms with Crippen LogP contribution in [-0.4, -0.2) is 22.4 Å². The van der Waals surface area contributed by atoms with E-state index < -0.39 is 0 Å². The van der Waals surface area contributed by atoms with Gasteiger partial charge in [0, 0.05) is 0 Å². The maximum atomic E-state index is 11.1. The van der Waals surface area contributed by atoms with E-state index in [4.69, 9.17) is 0 Å². The number of aliphatic hydroxyl groups is 2. The van der Waals surface area contributed by atoms with Crippen molar-refractivity contribution in [2.45, 2.75) is 150 Å². The van der Waals surface area contributed by atoms with Crippen LogP contribution in [0.2, 0.25) is 0 Å². The number of rotatable bonds is 15. The van der Waals surface area contributed by atoms with Crippen molar-refractivity contribution in [1.29, 1.82) is 0 Å². The molecule has 0 aliphatic heterocycles. The minimum atomic E-state index is -0.197. The van der Waals surface area contributed by atoms with E-state index >= 15 is 0 Å². The van der Waals surface area contributed by atoms with Crippen molar-refractivity contribution in [2.75, 3.05) is 0 Å². The largest absolute Gasteiger partial charge is 0.393 e. The van der Waals surface area contributed by atoms with E-state index in [0.29, 0.717) is 17.8 Å². The van der Waals surface area contributed by atoms with Crippen molar-refractivity contribution in [3.8, 4) is 0 Å².